The maximum atomic E-state index is 12.3. The molecule has 22 nitrogen and oxygen atoms in total. The number of rotatable bonds is 73. The molecule has 5 atom stereocenters. The van der Waals surface area contributed by atoms with Gasteiger partial charge in [0.1, 0.15) is 6.61 Å². The number of allylic oxidation sites excluding steroid dienone is 6. The first-order valence-corrected chi connectivity index (χ1v) is 54.5. The Balaban J connectivity index is -0.000000492. The Hall–Kier alpha value is -4.51. The third kappa shape index (κ3) is 72.6. The molecule has 3 fully saturated rings. The minimum atomic E-state index is -0.244. The largest absolute Gasteiger partial charge is 0.380 e. The zero-order valence-corrected chi connectivity index (χ0v) is 83.4. The van der Waals surface area contributed by atoms with Crippen molar-refractivity contribution >= 4 is 118 Å². The summed E-state index contributed by atoms with van der Waals surface area (Å²) in [6.07, 6.45) is 61.4. The molecule has 0 saturated carbocycles. The molecule has 5 rings (SSSR count). The van der Waals surface area contributed by atoms with Crippen LogP contribution in [0.3, 0.4) is 0 Å². The average Bonchev–Trinajstić information content (AvgIpc) is 1.69. The summed E-state index contributed by atoms with van der Waals surface area (Å²) < 4.78 is 16.7. The molecule has 0 spiro atoms. The van der Waals surface area contributed by atoms with Gasteiger partial charge in [-0.25, -0.2) is 0 Å². The number of amides is 10. The number of carbonyl (C=O) groups is 10. The monoisotopic (exact) mass is 1910 g/mol. The molecule has 3 saturated heterocycles. The predicted molar refractivity (Wildman–Crippen MR) is 560 cm³/mol. The van der Waals surface area contributed by atoms with Crippen molar-refractivity contribution in [3.8, 4) is 0 Å². The van der Waals surface area contributed by atoms with Gasteiger partial charge in [0.2, 0.25) is 59.1 Å². The summed E-state index contributed by atoms with van der Waals surface area (Å²) in [5.74, 6) is 6.90. The molecule has 6 N–H and O–H groups in total. The van der Waals surface area contributed by atoms with Crippen LogP contribution in [0.15, 0.2) is 47.9 Å². The first-order chi connectivity index (χ1) is 60.4. The second kappa shape index (κ2) is 95.2. The third-order valence-corrected chi connectivity index (χ3v) is 27.4. The maximum Gasteiger partial charge on any atom is 0.245 e. The van der Waals surface area contributed by atoms with Crippen molar-refractivity contribution in [1.29, 1.82) is 0 Å². The highest BCUT2D eigenvalue weighted by Crippen LogP contribution is 2.30. The smallest absolute Gasteiger partial charge is 0.245 e. The van der Waals surface area contributed by atoms with Gasteiger partial charge >= 0.3 is 0 Å². The van der Waals surface area contributed by atoms with Crippen LogP contribution in [0, 0.1) is 0 Å². The number of nitrogens with one attached hydrogen (secondary N) is 6. The number of likely N-dealkylation sites (tertiary alicyclic amines) is 3. The summed E-state index contributed by atoms with van der Waals surface area (Å²) in [4.78, 5) is 123. The topological polar surface area (TPSA) is 280 Å². The number of unbranched alkanes of at least 4 members (excludes halogenated alkanes) is 27. The fraction of sp³-hybridized carbons (Fsp3) is 0.824. The molecular weight excluding hydrogens is 1720 g/mol. The fourth-order valence-electron chi connectivity index (χ4n) is 13.7. The molecule has 10 amide bonds. The summed E-state index contributed by atoms with van der Waals surface area (Å²) in [6.45, 7) is 27.7. The van der Waals surface area contributed by atoms with Crippen LogP contribution in [0.1, 0.15) is 389 Å². The highest BCUT2D eigenvalue weighted by Gasteiger charge is 2.41. The van der Waals surface area contributed by atoms with Gasteiger partial charge in [0.25, 0.3) is 0 Å². The molecule has 0 radical (unpaired) electrons. The maximum absolute atomic E-state index is 12.3. The summed E-state index contributed by atoms with van der Waals surface area (Å²) in [5, 5.41) is 17.6. The van der Waals surface area contributed by atoms with Gasteiger partial charge in [-0.2, -0.15) is 23.5 Å². The number of nitrogens with zero attached hydrogens (tertiary/aromatic N) is 3. The van der Waals surface area contributed by atoms with Gasteiger partial charge in [-0.05, 0) is 123 Å². The van der Waals surface area contributed by atoms with E-state index in [1.807, 2.05) is 18.7 Å². The average molecular weight is 1920 g/mol. The minimum Gasteiger partial charge on any atom is -0.380 e. The number of thioether (sulfide) groups is 5. The first-order valence-electron chi connectivity index (χ1n) is 49.0. The Labute approximate surface area is 811 Å². The van der Waals surface area contributed by atoms with E-state index in [1.165, 1.54) is 217 Å². The molecule has 5 aliphatic rings. The molecule has 5 aliphatic heterocycles. The van der Waals surface area contributed by atoms with Crippen molar-refractivity contribution in [1.82, 2.24) is 46.6 Å². The van der Waals surface area contributed by atoms with E-state index < -0.39 is 0 Å². The van der Waals surface area contributed by atoms with Gasteiger partial charge < -0.3 is 46.1 Å². The van der Waals surface area contributed by atoms with E-state index in [0.29, 0.717) is 71.4 Å². The van der Waals surface area contributed by atoms with Crippen molar-refractivity contribution in [2.24, 2.45) is 0 Å². The standard InChI is InChI=1S/C22H41NOS.C20H36N2O2S.C19H34N2O3S.C18H32N2O4S.C18H32N2O3S.5CH4/c1-3-5-7-9-11-17-24-20-22-15-13-14-21(23-22)16-19-25-18-12-10-8-6-4-2;1-3-5-6-7-8-14-25-15-12-18-10-9-11-19(22-18)16-24-17-20(23)21-13-4-2;1-3-5-7-8-10-14-25-16-15-18(23)21(19(16)24)13-11-17(22)20-12-9-6-4-2;1-3-5-6-7-8-13-25-15-14-17(22)20(18(15)23)10-12-24-11-9-19-16(21)4-2;1-3-5-7-8-9-13-24-15-14-17(22)20(18(15)23)12-10-16(21)19-11-6-4-2;;;;;/h13-15,22-23H,3-12,16-20H2,1-2H3;9-11,19,22H,3-8,12-17H2,1-2H3,(H,21,23);16H,3-15H2,1-2H3,(H,20,22);15H,3-14H2,1-2H3,(H,19,21);15H,3-14H2,1-2H3,(H,19,21);5*1H4. The SMILES string of the molecule is C.C.C.C.C.CCCCCCCOCC1C=CC=C(CCSCCCCCCC)N1.CCCCCCCSC1CC(=O)N(CCC(=O)NCCCC)C1=O.CCCCCCCSC1CC(=O)N(CCC(=O)NCCCCC)C1=O.CCCCCCCSC1CC(=O)N(CCOCCNC(=O)CC)C1=O.CCCCCCCSCCC1=CC=CC(COCC(=O)NCCC)N1. The Morgan fingerprint density at radius 1 is 0.341 bits per heavy atom. The number of ether oxygens (including phenoxy) is 3. The van der Waals surface area contributed by atoms with Crippen LogP contribution in [0.4, 0.5) is 0 Å². The van der Waals surface area contributed by atoms with Crippen LogP contribution < -0.4 is 31.9 Å². The third-order valence-electron chi connectivity index (χ3n) is 21.4. The minimum absolute atomic E-state index is 0. The van der Waals surface area contributed by atoms with Gasteiger partial charge in [-0.15, -0.1) is 35.3 Å². The van der Waals surface area contributed by atoms with E-state index in [0.717, 1.165) is 107 Å². The van der Waals surface area contributed by atoms with Crippen molar-refractivity contribution in [3.63, 3.8) is 0 Å². The van der Waals surface area contributed by atoms with Crippen LogP contribution in [-0.2, 0) is 62.2 Å². The quantitative estimate of drug-likeness (QED) is 0.0244. The lowest BCUT2D eigenvalue weighted by atomic mass is 10.1. The van der Waals surface area contributed by atoms with Crippen LogP contribution >= 0.6 is 58.8 Å². The lowest BCUT2D eigenvalue weighted by Crippen LogP contribution is -2.35. The van der Waals surface area contributed by atoms with E-state index >= 15 is 0 Å². The van der Waals surface area contributed by atoms with Gasteiger partial charge in [-0.1, -0.05) is 304 Å². The van der Waals surface area contributed by atoms with E-state index in [4.69, 9.17) is 14.2 Å². The normalized spacial score (nSPS) is 16.4. The Morgan fingerprint density at radius 3 is 1.07 bits per heavy atom. The van der Waals surface area contributed by atoms with Crippen molar-refractivity contribution in [2.45, 2.75) is 417 Å². The van der Waals surface area contributed by atoms with E-state index in [1.54, 1.807) is 42.2 Å². The molecular formula is C102H195N9O13S5. The second-order valence-corrected chi connectivity index (χ2v) is 39.1. The highest BCUT2D eigenvalue weighted by atomic mass is 32.2. The molecule has 756 valence electrons. The summed E-state index contributed by atoms with van der Waals surface area (Å²) >= 11 is 8.95. The molecule has 129 heavy (non-hydrogen) atoms. The molecule has 0 aromatic heterocycles. The molecule has 27 heteroatoms. The van der Waals surface area contributed by atoms with Gasteiger partial charge in [-0.3, -0.25) is 62.6 Å². The fourth-order valence-corrected chi connectivity index (χ4v) is 19.2. The van der Waals surface area contributed by atoms with Crippen molar-refractivity contribution < 1.29 is 62.2 Å². The number of hydrogen-bond donors (Lipinski definition) is 6. The summed E-state index contributed by atoms with van der Waals surface area (Å²) in [5.41, 5.74) is 2.64. The lowest BCUT2D eigenvalue weighted by molar-refractivity contribution is -0.140. The number of hydrogen-bond acceptors (Lipinski definition) is 20. The van der Waals surface area contributed by atoms with E-state index in [2.05, 4.69) is 136 Å². The molecule has 0 aromatic rings. The number of imide groups is 3. The Bertz CT molecular complexity index is 2920. The number of dihydropyridines is 2. The van der Waals surface area contributed by atoms with Crippen molar-refractivity contribution in [3.05, 3.63) is 47.9 Å². The molecule has 5 heterocycles. The Morgan fingerprint density at radius 2 is 0.682 bits per heavy atom. The van der Waals surface area contributed by atoms with Gasteiger partial charge in [0.15, 0.2) is 0 Å². The zero-order chi connectivity index (χ0) is 90.9. The first kappa shape index (κ1) is 133. The summed E-state index contributed by atoms with van der Waals surface area (Å²) in [7, 11) is 0. The van der Waals surface area contributed by atoms with Gasteiger partial charge in [0.05, 0.1) is 60.8 Å². The van der Waals surface area contributed by atoms with Gasteiger partial charge in [0, 0.05) is 95.8 Å². The van der Waals surface area contributed by atoms with E-state index in [9.17, 15) is 47.9 Å². The highest BCUT2D eigenvalue weighted by molar-refractivity contribution is 8.01. The summed E-state index contributed by atoms with van der Waals surface area (Å²) in [6, 6.07) is 0.521. The van der Waals surface area contributed by atoms with Crippen LogP contribution in [0.2, 0.25) is 0 Å². The number of carbonyl (C=O) groups excluding carboxylic acids is 10. The molecule has 5 unspecified atom stereocenters. The lowest BCUT2D eigenvalue weighted by Gasteiger charge is -2.21. The Kier molecular flexibility index (Phi) is 98.2. The van der Waals surface area contributed by atoms with E-state index in [-0.39, 0.29) is 163 Å². The zero-order valence-electron chi connectivity index (χ0n) is 79.3. The van der Waals surface area contributed by atoms with Crippen LogP contribution in [-0.4, -0.2) is 227 Å². The second-order valence-electron chi connectivity index (χ2n) is 32.7. The van der Waals surface area contributed by atoms with Crippen LogP contribution in [0.5, 0.6) is 0 Å². The van der Waals surface area contributed by atoms with Crippen molar-refractivity contribution in [2.75, 3.05) is 126 Å². The van der Waals surface area contributed by atoms with Crippen LogP contribution in [0.25, 0.3) is 0 Å². The molecule has 0 bridgehead atoms. The predicted octanol–water partition coefficient (Wildman–Crippen LogP) is 22.7. The molecule has 0 aliphatic carbocycles. The molecule has 0 aromatic carbocycles.